The number of rotatable bonds is 6. The molecule has 5 nitrogen and oxygen atoms in total. The highest BCUT2D eigenvalue weighted by molar-refractivity contribution is 5.94. The molecule has 0 aromatic heterocycles. The van der Waals surface area contributed by atoms with Gasteiger partial charge in [-0.3, -0.25) is 4.79 Å². The Morgan fingerprint density at radius 2 is 2.05 bits per heavy atom. The minimum Gasteiger partial charge on any atom is -0.382 e. The molecule has 0 spiro atoms. The fourth-order valence-corrected chi connectivity index (χ4v) is 2.19. The average molecular weight is 333 g/mol. The number of hydrogen-bond acceptors (Lipinski definition) is 4. The normalized spacial score (nSPS) is 14.5. The number of nitrogens with zero attached hydrogens (tertiary/aromatic N) is 1. The van der Waals surface area contributed by atoms with Gasteiger partial charge in [-0.15, -0.1) is 12.4 Å². The maximum Gasteiger partial charge on any atom is 0.253 e. The van der Waals surface area contributed by atoms with E-state index in [1.54, 1.807) is 18.1 Å². The fourth-order valence-electron chi connectivity index (χ4n) is 2.19. The van der Waals surface area contributed by atoms with Crippen LogP contribution in [0.25, 0.3) is 0 Å². The highest BCUT2D eigenvalue weighted by Gasteiger charge is 2.18. The van der Waals surface area contributed by atoms with Crippen LogP contribution in [0.5, 0.6) is 0 Å². The van der Waals surface area contributed by atoms with Crippen molar-refractivity contribution in [3.8, 4) is 0 Å². The molecule has 1 aromatic rings. The lowest BCUT2D eigenvalue weighted by molar-refractivity contribution is 0.0602. The van der Waals surface area contributed by atoms with Crippen molar-refractivity contribution in [2.45, 2.75) is 6.61 Å². The van der Waals surface area contributed by atoms with Crippen LogP contribution < -0.4 is 5.32 Å². The molecule has 0 saturated carbocycles. The molecule has 0 aliphatic carbocycles. The summed E-state index contributed by atoms with van der Waals surface area (Å²) in [7, 11) is 1.58. The van der Waals surface area contributed by atoms with Gasteiger partial charge in [0.05, 0.1) is 19.8 Å². The minimum atomic E-state index is -0.357. The van der Waals surface area contributed by atoms with Crippen molar-refractivity contribution in [1.82, 2.24) is 10.2 Å². The Kier molecular flexibility index (Phi) is 8.34. The molecule has 1 aliphatic rings. The second-order valence-corrected chi connectivity index (χ2v) is 4.89. The molecule has 1 aromatic carbocycles. The fraction of sp³-hybridized carbons (Fsp3) is 0.533. The van der Waals surface area contributed by atoms with Crippen LogP contribution in [-0.2, 0) is 16.1 Å². The molecule has 1 N–H and O–H groups in total. The van der Waals surface area contributed by atoms with Crippen molar-refractivity contribution in [1.29, 1.82) is 0 Å². The predicted octanol–water partition coefficient (Wildman–Crippen LogP) is 1.46. The van der Waals surface area contributed by atoms with E-state index in [9.17, 15) is 9.18 Å². The Bertz CT molecular complexity index is 482. The molecular weight excluding hydrogens is 311 g/mol. The van der Waals surface area contributed by atoms with Gasteiger partial charge in [0.25, 0.3) is 5.91 Å². The van der Waals surface area contributed by atoms with Gasteiger partial charge in [-0.2, -0.15) is 0 Å². The summed E-state index contributed by atoms with van der Waals surface area (Å²) in [6.07, 6.45) is 0. The van der Waals surface area contributed by atoms with Crippen molar-refractivity contribution in [3.05, 3.63) is 35.1 Å². The molecule has 22 heavy (non-hydrogen) atoms. The molecule has 1 aliphatic heterocycles. The lowest BCUT2D eigenvalue weighted by Crippen LogP contribution is -2.46. The van der Waals surface area contributed by atoms with Crippen molar-refractivity contribution in [3.63, 3.8) is 0 Å². The first kappa shape index (κ1) is 18.8. The number of piperazine rings is 1. The number of amides is 1. The standard InChI is InChI=1S/C15H21FN2O3.ClH/c1-20-8-9-21-11-13-10-12(2-3-14(13)16)15(19)18-6-4-17-5-7-18;/h2-3,10,17H,4-9,11H2,1H3;1H. The van der Waals surface area contributed by atoms with Crippen LogP contribution in [0.4, 0.5) is 4.39 Å². The zero-order valence-electron chi connectivity index (χ0n) is 12.6. The number of carbonyl (C=O) groups is 1. The van der Waals surface area contributed by atoms with Crippen LogP contribution in [-0.4, -0.2) is 57.3 Å². The van der Waals surface area contributed by atoms with E-state index in [0.717, 1.165) is 13.1 Å². The molecule has 1 heterocycles. The topological polar surface area (TPSA) is 50.8 Å². The van der Waals surface area contributed by atoms with Crippen LogP contribution >= 0.6 is 12.4 Å². The second-order valence-electron chi connectivity index (χ2n) is 4.89. The van der Waals surface area contributed by atoms with Gasteiger partial charge in [-0.05, 0) is 18.2 Å². The van der Waals surface area contributed by atoms with Crippen LogP contribution in [0, 0.1) is 5.82 Å². The van der Waals surface area contributed by atoms with E-state index < -0.39 is 0 Å². The molecule has 0 atom stereocenters. The molecule has 124 valence electrons. The summed E-state index contributed by atoms with van der Waals surface area (Å²) >= 11 is 0. The monoisotopic (exact) mass is 332 g/mol. The Morgan fingerprint density at radius 1 is 1.32 bits per heavy atom. The number of nitrogens with one attached hydrogen (secondary N) is 1. The predicted molar refractivity (Wildman–Crippen MR) is 84.0 cm³/mol. The Labute approximate surface area is 136 Å². The molecule has 0 unspecified atom stereocenters. The van der Waals surface area contributed by atoms with Gasteiger partial charge >= 0.3 is 0 Å². The van der Waals surface area contributed by atoms with Gasteiger partial charge in [-0.1, -0.05) is 0 Å². The summed E-state index contributed by atoms with van der Waals surface area (Å²) < 4.78 is 23.9. The first-order valence-electron chi connectivity index (χ1n) is 7.07. The Morgan fingerprint density at radius 3 is 2.73 bits per heavy atom. The minimum absolute atomic E-state index is 0. The summed E-state index contributed by atoms with van der Waals surface area (Å²) in [6.45, 7) is 3.93. The number of hydrogen-bond donors (Lipinski definition) is 1. The highest BCUT2D eigenvalue weighted by Crippen LogP contribution is 2.14. The van der Waals surface area contributed by atoms with Crippen LogP contribution in [0.3, 0.4) is 0 Å². The third-order valence-electron chi connectivity index (χ3n) is 3.39. The van der Waals surface area contributed by atoms with Gasteiger partial charge in [0.2, 0.25) is 0 Å². The van der Waals surface area contributed by atoms with Crippen molar-refractivity contribution >= 4 is 18.3 Å². The van der Waals surface area contributed by atoms with Crippen molar-refractivity contribution < 1.29 is 18.7 Å². The van der Waals surface area contributed by atoms with Crippen molar-refractivity contribution in [2.75, 3.05) is 46.5 Å². The smallest absolute Gasteiger partial charge is 0.253 e. The number of carbonyl (C=O) groups excluding carboxylic acids is 1. The molecular formula is C15H22ClFN2O3. The van der Waals surface area contributed by atoms with E-state index in [1.807, 2.05) is 0 Å². The van der Waals surface area contributed by atoms with Gasteiger partial charge in [-0.25, -0.2) is 4.39 Å². The third kappa shape index (κ3) is 5.21. The lowest BCUT2D eigenvalue weighted by atomic mass is 10.1. The van der Waals surface area contributed by atoms with Gasteiger partial charge in [0.15, 0.2) is 0 Å². The maximum absolute atomic E-state index is 13.7. The number of methoxy groups -OCH3 is 1. The van der Waals surface area contributed by atoms with E-state index >= 15 is 0 Å². The molecule has 7 heteroatoms. The second kappa shape index (κ2) is 9.74. The van der Waals surface area contributed by atoms with E-state index in [0.29, 0.717) is 37.4 Å². The van der Waals surface area contributed by atoms with Gasteiger partial charge < -0.3 is 19.7 Å². The van der Waals surface area contributed by atoms with E-state index in [-0.39, 0.29) is 30.7 Å². The highest BCUT2D eigenvalue weighted by atomic mass is 35.5. The zero-order chi connectivity index (χ0) is 15.1. The summed E-state index contributed by atoms with van der Waals surface area (Å²) in [4.78, 5) is 14.1. The van der Waals surface area contributed by atoms with Crippen LogP contribution in [0.15, 0.2) is 18.2 Å². The molecule has 1 saturated heterocycles. The molecule has 0 bridgehead atoms. The summed E-state index contributed by atoms with van der Waals surface area (Å²) in [5.74, 6) is -0.418. The maximum atomic E-state index is 13.7. The van der Waals surface area contributed by atoms with Crippen LogP contribution in [0.1, 0.15) is 15.9 Å². The largest absolute Gasteiger partial charge is 0.382 e. The Hall–Kier alpha value is -1.21. The first-order chi connectivity index (χ1) is 10.2. The zero-order valence-corrected chi connectivity index (χ0v) is 13.5. The quantitative estimate of drug-likeness (QED) is 0.801. The summed E-state index contributed by atoms with van der Waals surface area (Å²) in [6, 6.07) is 4.43. The lowest BCUT2D eigenvalue weighted by Gasteiger charge is -2.27. The SMILES string of the molecule is COCCOCc1cc(C(=O)N2CCNCC2)ccc1F.Cl. The van der Waals surface area contributed by atoms with Gasteiger partial charge in [0, 0.05) is 44.4 Å². The van der Waals surface area contributed by atoms with E-state index in [1.165, 1.54) is 12.1 Å². The van der Waals surface area contributed by atoms with Crippen molar-refractivity contribution in [2.24, 2.45) is 0 Å². The number of benzene rings is 1. The third-order valence-corrected chi connectivity index (χ3v) is 3.39. The summed E-state index contributed by atoms with van der Waals surface area (Å²) in [5, 5.41) is 3.20. The molecule has 0 radical (unpaired) electrons. The first-order valence-corrected chi connectivity index (χ1v) is 7.07. The van der Waals surface area contributed by atoms with E-state index in [2.05, 4.69) is 5.32 Å². The van der Waals surface area contributed by atoms with Gasteiger partial charge in [0.1, 0.15) is 5.82 Å². The van der Waals surface area contributed by atoms with Crippen LogP contribution in [0.2, 0.25) is 0 Å². The van der Waals surface area contributed by atoms with E-state index in [4.69, 9.17) is 9.47 Å². The Balaban J connectivity index is 0.00000242. The number of halogens is 2. The summed E-state index contributed by atoms with van der Waals surface area (Å²) in [5.41, 5.74) is 0.899. The molecule has 1 amide bonds. The molecule has 2 rings (SSSR count). The average Bonchev–Trinajstić information content (AvgIpc) is 2.53. The number of ether oxygens (including phenoxy) is 2. The molecule has 1 fully saturated rings.